The average Bonchev–Trinajstić information content (AvgIpc) is 2.70. The minimum Gasteiger partial charge on any atom is -0.487 e. The molecule has 0 fully saturated rings. The first-order valence-corrected chi connectivity index (χ1v) is 10.3. The van der Waals surface area contributed by atoms with E-state index in [0.29, 0.717) is 28.5 Å². The van der Waals surface area contributed by atoms with E-state index in [1.54, 1.807) is 6.07 Å². The second-order valence-electron chi connectivity index (χ2n) is 7.38. The van der Waals surface area contributed by atoms with E-state index in [1.807, 2.05) is 75.4 Å². The summed E-state index contributed by atoms with van der Waals surface area (Å²) in [6, 6.07) is 18.6. The summed E-state index contributed by atoms with van der Waals surface area (Å²) in [6.07, 6.45) is 1.97. The van der Waals surface area contributed by atoms with Gasteiger partial charge in [0.15, 0.2) is 11.5 Å². The second-order valence-corrected chi connectivity index (χ2v) is 7.38. The number of benzene rings is 2. The van der Waals surface area contributed by atoms with Crippen LogP contribution in [0, 0.1) is 6.92 Å². The lowest BCUT2D eigenvalue weighted by Gasteiger charge is -2.15. The van der Waals surface area contributed by atoms with Crippen molar-refractivity contribution in [3.63, 3.8) is 0 Å². The number of ether oxygens (including phenoxy) is 2. The third kappa shape index (κ3) is 5.60. The van der Waals surface area contributed by atoms with Crippen molar-refractivity contribution in [1.29, 1.82) is 0 Å². The predicted octanol–water partition coefficient (Wildman–Crippen LogP) is 6.17. The number of aromatic nitrogens is 1. The summed E-state index contributed by atoms with van der Waals surface area (Å²) < 4.78 is 11.8. The van der Waals surface area contributed by atoms with Crippen molar-refractivity contribution in [2.75, 3.05) is 5.32 Å². The highest BCUT2D eigenvalue weighted by molar-refractivity contribution is 6.05. The molecule has 5 heteroatoms. The Labute approximate surface area is 178 Å². The molecule has 0 spiro atoms. The van der Waals surface area contributed by atoms with Gasteiger partial charge in [-0.15, -0.1) is 0 Å². The number of hydrogen-bond donors (Lipinski definition) is 1. The lowest BCUT2D eigenvalue weighted by molar-refractivity contribution is 0.102. The summed E-state index contributed by atoms with van der Waals surface area (Å²) in [6.45, 7) is 7.91. The van der Waals surface area contributed by atoms with Crippen molar-refractivity contribution in [2.24, 2.45) is 0 Å². The number of amides is 1. The van der Waals surface area contributed by atoms with Gasteiger partial charge in [0.1, 0.15) is 5.75 Å². The Morgan fingerprint density at radius 2 is 1.80 bits per heavy atom. The third-order valence-electron chi connectivity index (χ3n) is 4.43. The number of carbonyl (C=O) groups is 1. The summed E-state index contributed by atoms with van der Waals surface area (Å²) in [5.41, 5.74) is 2.95. The van der Waals surface area contributed by atoms with Crippen LogP contribution in [0.25, 0.3) is 0 Å². The van der Waals surface area contributed by atoms with Crippen molar-refractivity contribution in [3.05, 3.63) is 77.6 Å². The maximum Gasteiger partial charge on any atom is 0.257 e. The van der Waals surface area contributed by atoms with E-state index in [4.69, 9.17) is 9.47 Å². The smallest absolute Gasteiger partial charge is 0.257 e. The first kappa shape index (κ1) is 21.4. The molecule has 2 aromatic carbocycles. The highest BCUT2D eigenvalue weighted by Crippen LogP contribution is 2.32. The van der Waals surface area contributed by atoms with Crippen molar-refractivity contribution >= 4 is 11.6 Å². The summed E-state index contributed by atoms with van der Waals surface area (Å²) in [7, 11) is 0. The molecule has 1 amide bonds. The molecular weight excluding hydrogens is 376 g/mol. The Kier molecular flexibility index (Phi) is 7.07. The van der Waals surface area contributed by atoms with Gasteiger partial charge in [0, 0.05) is 17.4 Å². The van der Waals surface area contributed by atoms with Crippen LogP contribution in [0.4, 0.5) is 5.69 Å². The minimum absolute atomic E-state index is 0.0425. The first-order chi connectivity index (χ1) is 14.5. The summed E-state index contributed by atoms with van der Waals surface area (Å²) in [5.74, 6) is 1.72. The molecule has 0 aliphatic heterocycles. The van der Waals surface area contributed by atoms with Crippen LogP contribution in [-0.2, 0) is 6.42 Å². The fourth-order valence-electron chi connectivity index (χ4n) is 3.10. The van der Waals surface area contributed by atoms with Crippen LogP contribution in [-0.4, -0.2) is 17.0 Å². The molecule has 0 aliphatic carbocycles. The van der Waals surface area contributed by atoms with Gasteiger partial charge < -0.3 is 14.8 Å². The van der Waals surface area contributed by atoms with E-state index in [0.717, 1.165) is 24.2 Å². The lowest BCUT2D eigenvalue weighted by Crippen LogP contribution is -2.14. The Hall–Kier alpha value is -3.34. The standard InChI is InChI=1S/C25H28N2O3/c1-5-9-19-14-15-22(18(4)26-19)25(28)27-20-10-8-11-21(16-20)30-24-13-7-6-12-23(24)29-17(2)3/h6-8,10-17H,5,9H2,1-4H3,(H,27,28). The maximum atomic E-state index is 12.7. The molecule has 1 N–H and O–H groups in total. The number of rotatable bonds is 8. The van der Waals surface area contributed by atoms with Gasteiger partial charge >= 0.3 is 0 Å². The molecule has 5 nitrogen and oxygen atoms in total. The molecule has 3 rings (SSSR count). The highest BCUT2D eigenvalue weighted by Gasteiger charge is 2.12. The summed E-state index contributed by atoms with van der Waals surface area (Å²) >= 11 is 0. The molecular formula is C25H28N2O3. The van der Waals surface area contributed by atoms with Gasteiger partial charge in [-0.1, -0.05) is 31.5 Å². The van der Waals surface area contributed by atoms with Crippen LogP contribution in [0.5, 0.6) is 17.2 Å². The van der Waals surface area contributed by atoms with Gasteiger partial charge in [0.2, 0.25) is 0 Å². The molecule has 30 heavy (non-hydrogen) atoms. The molecule has 0 bridgehead atoms. The molecule has 0 aliphatic rings. The first-order valence-electron chi connectivity index (χ1n) is 10.3. The number of aryl methyl sites for hydroxylation is 2. The predicted molar refractivity (Wildman–Crippen MR) is 120 cm³/mol. The van der Waals surface area contributed by atoms with E-state index in [-0.39, 0.29) is 12.0 Å². The van der Waals surface area contributed by atoms with E-state index in [9.17, 15) is 4.79 Å². The van der Waals surface area contributed by atoms with Crippen molar-refractivity contribution in [2.45, 2.75) is 46.6 Å². The fourth-order valence-corrected chi connectivity index (χ4v) is 3.10. The van der Waals surface area contributed by atoms with Crippen LogP contribution in [0.1, 0.15) is 48.9 Å². The molecule has 0 atom stereocenters. The van der Waals surface area contributed by atoms with Crippen LogP contribution >= 0.6 is 0 Å². The molecule has 0 radical (unpaired) electrons. The van der Waals surface area contributed by atoms with Crippen molar-refractivity contribution in [3.8, 4) is 17.2 Å². The number of hydrogen-bond acceptors (Lipinski definition) is 4. The van der Waals surface area contributed by atoms with Gasteiger partial charge in [0.25, 0.3) is 5.91 Å². The van der Waals surface area contributed by atoms with E-state index in [1.165, 1.54) is 0 Å². The lowest BCUT2D eigenvalue weighted by atomic mass is 10.1. The zero-order valence-corrected chi connectivity index (χ0v) is 17.9. The minimum atomic E-state index is -0.191. The number of carbonyl (C=O) groups excluding carboxylic acids is 1. The molecule has 156 valence electrons. The largest absolute Gasteiger partial charge is 0.487 e. The van der Waals surface area contributed by atoms with Gasteiger partial charge in [-0.05, 0) is 63.6 Å². The van der Waals surface area contributed by atoms with E-state index < -0.39 is 0 Å². The van der Waals surface area contributed by atoms with Gasteiger partial charge in [-0.3, -0.25) is 9.78 Å². The molecule has 0 saturated heterocycles. The SMILES string of the molecule is CCCc1ccc(C(=O)Nc2cccc(Oc3ccccc3OC(C)C)c2)c(C)n1. The number of nitrogens with one attached hydrogen (secondary N) is 1. The Morgan fingerprint density at radius 1 is 1.03 bits per heavy atom. The van der Waals surface area contributed by atoms with E-state index >= 15 is 0 Å². The van der Waals surface area contributed by atoms with E-state index in [2.05, 4.69) is 17.2 Å². The Morgan fingerprint density at radius 3 is 2.50 bits per heavy atom. The van der Waals surface area contributed by atoms with Gasteiger partial charge in [-0.2, -0.15) is 0 Å². The van der Waals surface area contributed by atoms with Crippen LogP contribution in [0.15, 0.2) is 60.7 Å². The maximum absolute atomic E-state index is 12.7. The second kappa shape index (κ2) is 9.92. The zero-order valence-electron chi connectivity index (χ0n) is 17.9. The van der Waals surface area contributed by atoms with Crippen LogP contribution in [0.3, 0.4) is 0 Å². The molecule has 0 unspecified atom stereocenters. The van der Waals surface area contributed by atoms with Gasteiger partial charge in [-0.25, -0.2) is 0 Å². The highest BCUT2D eigenvalue weighted by atomic mass is 16.5. The Bertz CT molecular complexity index is 1010. The zero-order chi connectivity index (χ0) is 21.5. The third-order valence-corrected chi connectivity index (χ3v) is 4.43. The normalized spacial score (nSPS) is 10.7. The topological polar surface area (TPSA) is 60.5 Å². The summed E-state index contributed by atoms with van der Waals surface area (Å²) in [4.78, 5) is 17.3. The van der Waals surface area contributed by atoms with Crippen molar-refractivity contribution in [1.82, 2.24) is 4.98 Å². The Balaban J connectivity index is 1.74. The summed E-state index contributed by atoms with van der Waals surface area (Å²) in [5, 5.41) is 2.93. The number of anilines is 1. The fraction of sp³-hybridized carbons (Fsp3) is 0.280. The molecule has 1 heterocycles. The molecule has 3 aromatic rings. The monoisotopic (exact) mass is 404 g/mol. The average molecular weight is 405 g/mol. The van der Waals surface area contributed by atoms with Crippen LogP contribution in [0.2, 0.25) is 0 Å². The number of pyridine rings is 1. The molecule has 0 saturated carbocycles. The van der Waals surface area contributed by atoms with Crippen LogP contribution < -0.4 is 14.8 Å². The number of para-hydroxylation sites is 2. The van der Waals surface area contributed by atoms with Crippen molar-refractivity contribution < 1.29 is 14.3 Å². The quantitative estimate of drug-likeness (QED) is 0.487. The van der Waals surface area contributed by atoms with Gasteiger partial charge in [0.05, 0.1) is 17.4 Å². The number of nitrogens with zero attached hydrogens (tertiary/aromatic N) is 1. The molecule has 1 aromatic heterocycles.